The lowest BCUT2D eigenvalue weighted by molar-refractivity contribution is 0.129. The van der Waals surface area contributed by atoms with E-state index in [4.69, 9.17) is 14.2 Å². The molecular weight excluding hydrogens is 344 g/mol. The molecule has 0 spiro atoms. The Morgan fingerprint density at radius 3 is 2.72 bits per heavy atom. The quantitative estimate of drug-likeness (QED) is 0.803. The van der Waals surface area contributed by atoms with Gasteiger partial charge in [0.05, 0.1) is 17.7 Å². The number of fused-ring (bicyclic) bond motifs is 1. The normalized spacial score (nSPS) is 17.8. The van der Waals surface area contributed by atoms with Crippen molar-refractivity contribution in [2.24, 2.45) is 5.92 Å². The zero-order valence-electron chi connectivity index (χ0n) is 13.5. The molecule has 0 amide bonds. The summed E-state index contributed by atoms with van der Waals surface area (Å²) < 4.78 is 43.4. The lowest BCUT2D eigenvalue weighted by Crippen LogP contribution is -2.51. The Labute approximate surface area is 146 Å². The van der Waals surface area contributed by atoms with E-state index in [1.807, 2.05) is 6.07 Å². The summed E-state index contributed by atoms with van der Waals surface area (Å²) in [6.45, 7) is 2.25. The van der Waals surface area contributed by atoms with Crippen LogP contribution in [0.3, 0.4) is 0 Å². The van der Waals surface area contributed by atoms with Crippen LogP contribution < -0.4 is 14.2 Å². The monoisotopic (exact) mass is 362 g/mol. The highest BCUT2D eigenvalue weighted by Crippen LogP contribution is 2.34. The van der Waals surface area contributed by atoms with Gasteiger partial charge in [0, 0.05) is 31.3 Å². The predicted octanol–water partition coefficient (Wildman–Crippen LogP) is 1.55. The third kappa shape index (κ3) is 3.27. The first-order valence-corrected chi connectivity index (χ1v) is 9.49. The number of aromatic nitrogens is 1. The zero-order chi connectivity index (χ0) is 17.3. The molecule has 132 valence electrons. The third-order valence-electron chi connectivity index (χ3n) is 4.20. The number of nitrogens with zero attached hydrogens (tertiary/aromatic N) is 2. The third-order valence-corrected chi connectivity index (χ3v) is 6.02. The molecule has 1 aromatic heterocycles. The fourth-order valence-electron chi connectivity index (χ4n) is 2.80. The van der Waals surface area contributed by atoms with Crippen LogP contribution >= 0.6 is 0 Å². The Hall–Kier alpha value is -2.32. The molecule has 2 aliphatic rings. The van der Waals surface area contributed by atoms with E-state index in [2.05, 4.69) is 4.98 Å². The van der Waals surface area contributed by atoms with Crippen molar-refractivity contribution in [1.82, 2.24) is 9.29 Å². The molecular formula is C17H18N2O5S. The molecule has 0 radical (unpaired) electrons. The number of hydrogen-bond donors (Lipinski definition) is 0. The van der Waals surface area contributed by atoms with Crippen molar-refractivity contribution in [1.29, 1.82) is 0 Å². The lowest BCUT2D eigenvalue weighted by atomic mass is 10.1. The van der Waals surface area contributed by atoms with Crippen LogP contribution in [-0.2, 0) is 10.0 Å². The molecule has 25 heavy (non-hydrogen) atoms. The summed E-state index contributed by atoms with van der Waals surface area (Å²) in [4.78, 5) is 4.21. The SMILES string of the molecule is O=S(=O)(c1ccc2c(c1)OCCO2)N1CC(COc2cccnc2)C1. The van der Waals surface area contributed by atoms with E-state index in [-0.39, 0.29) is 10.8 Å². The second kappa shape index (κ2) is 6.53. The van der Waals surface area contributed by atoms with Crippen molar-refractivity contribution >= 4 is 10.0 Å². The number of benzene rings is 1. The van der Waals surface area contributed by atoms with Gasteiger partial charge < -0.3 is 14.2 Å². The molecule has 0 aliphatic carbocycles. The Morgan fingerprint density at radius 1 is 1.16 bits per heavy atom. The fraction of sp³-hybridized carbons (Fsp3) is 0.353. The minimum Gasteiger partial charge on any atom is -0.492 e. The van der Waals surface area contributed by atoms with Gasteiger partial charge in [-0.3, -0.25) is 4.98 Å². The Balaban J connectivity index is 1.38. The van der Waals surface area contributed by atoms with Gasteiger partial charge in [0.25, 0.3) is 0 Å². The zero-order valence-corrected chi connectivity index (χ0v) is 14.3. The minimum absolute atomic E-state index is 0.173. The van der Waals surface area contributed by atoms with E-state index in [0.29, 0.717) is 50.2 Å². The highest BCUT2D eigenvalue weighted by molar-refractivity contribution is 7.89. The summed E-state index contributed by atoms with van der Waals surface area (Å²) in [6, 6.07) is 8.36. The van der Waals surface area contributed by atoms with Crippen LogP contribution in [0.25, 0.3) is 0 Å². The van der Waals surface area contributed by atoms with E-state index in [1.165, 1.54) is 10.4 Å². The Morgan fingerprint density at radius 2 is 1.96 bits per heavy atom. The fourth-order valence-corrected chi connectivity index (χ4v) is 4.41. The number of hydrogen-bond acceptors (Lipinski definition) is 6. The number of ether oxygens (including phenoxy) is 3. The standard InChI is InChI=1S/C17H18N2O5S/c20-25(21,15-3-4-16-17(8-15)23-7-6-22-16)19-10-13(11-19)12-24-14-2-1-5-18-9-14/h1-5,8-9,13H,6-7,10-12H2. The molecule has 1 aromatic carbocycles. The van der Waals surface area contributed by atoms with E-state index < -0.39 is 10.0 Å². The van der Waals surface area contributed by atoms with Crippen LogP contribution in [0.1, 0.15) is 0 Å². The van der Waals surface area contributed by atoms with Gasteiger partial charge in [0.1, 0.15) is 19.0 Å². The van der Waals surface area contributed by atoms with Crippen LogP contribution in [0.4, 0.5) is 0 Å². The predicted molar refractivity (Wildman–Crippen MR) is 89.4 cm³/mol. The average Bonchev–Trinajstić information content (AvgIpc) is 2.60. The molecule has 0 bridgehead atoms. The molecule has 0 atom stereocenters. The summed E-state index contributed by atoms with van der Waals surface area (Å²) in [6.07, 6.45) is 3.32. The first-order chi connectivity index (χ1) is 12.1. The van der Waals surface area contributed by atoms with E-state index in [1.54, 1.807) is 30.6 Å². The molecule has 0 unspecified atom stereocenters. The van der Waals surface area contributed by atoms with Crippen molar-refractivity contribution < 1.29 is 22.6 Å². The van der Waals surface area contributed by atoms with Gasteiger partial charge in [0.15, 0.2) is 11.5 Å². The maximum absolute atomic E-state index is 12.7. The maximum atomic E-state index is 12.7. The van der Waals surface area contributed by atoms with Gasteiger partial charge >= 0.3 is 0 Å². The Bertz CT molecular complexity index is 851. The van der Waals surface area contributed by atoms with Gasteiger partial charge in [0.2, 0.25) is 10.0 Å². The molecule has 8 heteroatoms. The molecule has 1 saturated heterocycles. The maximum Gasteiger partial charge on any atom is 0.243 e. The highest BCUT2D eigenvalue weighted by atomic mass is 32.2. The minimum atomic E-state index is -3.52. The molecule has 2 aliphatic heterocycles. The van der Waals surface area contributed by atoms with Crippen molar-refractivity contribution in [2.75, 3.05) is 32.9 Å². The van der Waals surface area contributed by atoms with Gasteiger partial charge in [-0.1, -0.05) is 0 Å². The number of rotatable bonds is 5. The largest absolute Gasteiger partial charge is 0.492 e. The topological polar surface area (TPSA) is 78.0 Å². The number of pyridine rings is 1. The van der Waals surface area contributed by atoms with Gasteiger partial charge in [-0.05, 0) is 24.3 Å². The van der Waals surface area contributed by atoms with Crippen LogP contribution in [0.5, 0.6) is 17.2 Å². The summed E-state index contributed by atoms with van der Waals surface area (Å²) in [5, 5.41) is 0. The van der Waals surface area contributed by atoms with Crippen LogP contribution in [0, 0.1) is 5.92 Å². The molecule has 2 aromatic rings. The first kappa shape index (κ1) is 16.2. The molecule has 4 rings (SSSR count). The molecule has 0 N–H and O–H groups in total. The first-order valence-electron chi connectivity index (χ1n) is 8.05. The molecule has 1 fully saturated rings. The summed E-state index contributed by atoms with van der Waals surface area (Å²) >= 11 is 0. The second-order valence-corrected chi connectivity index (χ2v) is 7.93. The van der Waals surface area contributed by atoms with Crippen molar-refractivity contribution in [3.8, 4) is 17.2 Å². The van der Waals surface area contributed by atoms with E-state index in [9.17, 15) is 8.42 Å². The molecule has 0 saturated carbocycles. The Kier molecular flexibility index (Phi) is 4.22. The van der Waals surface area contributed by atoms with Crippen LogP contribution in [0.2, 0.25) is 0 Å². The summed E-state index contributed by atoms with van der Waals surface area (Å²) in [5.74, 6) is 1.92. The van der Waals surface area contributed by atoms with Crippen molar-refractivity contribution in [3.05, 3.63) is 42.7 Å². The van der Waals surface area contributed by atoms with Gasteiger partial charge in [-0.15, -0.1) is 0 Å². The van der Waals surface area contributed by atoms with E-state index >= 15 is 0 Å². The molecule has 3 heterocycles. The highest BCUT2D eigenvalue weighted by Gasteiger charge is 2.37. The molecule has 7 nitrogen and oxygen atoms in total. The van der Waals surface area contributed by atoms with Crippen molar-refractivity contribution in [3.63, 3.8) is 0 Å². The summed E-state index contributed by atoms with van der Waals surface area (Å²) in [7, 11) is -3.52. The smallest absolute Gasteiger partial charge is 0.243 e. The number of sulfonamides is 1. The second-order valence-electron chi connectivity index (χ2n) is 5.99. The van der Waals surface area contributed by atoms with Gasteiger partial charge in [-0.25, -0.2) is 8.42 Å². The van der Waals surface area contributed by atoms with Crippen LogP contribution in [-0.4, -0.2) is 50.6 Å². The van der Waals surface area contributed by atoms with E-state index in [0.717, 1.165) is 0 Å². The lowest BCUT2D eigenvalue weighted by Gasteiger charge is -2.37. The van der Waals surface area contributed by atoms with Crippen molar-refractivity contribution in [2.45, 2.75) is 4.90 Å². The van der Waals surface area contributed by atoms with Crippen LogP contribution in [0.15, 0.2) is 47.6 Å². The van der Waals surface area contributed by atoms with Gasteiger partial charge in [-0.2, -0.15) is 4.31 Å². The average molecular weight is 362 g/mol. The summed E-state index contributed by atoms with van der Waals surface area (Å²) in [5.41, 5.74) is 0.